The number of amides is 1. The molecule has 0 fully saturated rings. The van der Waals surface area contributed by atoms with Crippen LogP contribution in [0.5, 0.6) is 0 Å². The first-order valence-corrected chi connectivity index (χ1v) is 8.00. The van der Waals surface area contributed by atoms with Gasteiger partial charge in [0.05, 0.1) is 11.3 Å². The Bertz CT molecular complexity index is 857. The van der Waals surface area contributed by atoms with E-state index in [9.17, 15) is 9.18 Å². The minimum Gasteiger partial charge on any atom is -0.345 e. The van der Waals surface area contributed by atoms with Crippen molar-refractivity contribution in [2.24, 2.45) is 0 Å². The lowest BCUT2D eigenvalue weighted by Crippen LogP contribution is -2.22. The van der Waals surface area contributed by atoms with E-state index >= 15 is 0 Å². The molecule has 0 radical (unpaired) electrons. The zero-order chi connectivity index (χ0) is 17.8. The molecule has 3 rings (SSSR count). The lowest BCUT2D eigenvalue weighted by Gasteiger charge is -2.09. The summed E-state index contributed by atoms with van der Waals surface area (Å²) in [5.41, 5.74) is 2.25. The fourth-order valence-corrected chi connectivity index (χ4v) is 2.53. The Hall–Kier alpha value is -3.02. The zero-order valence-corrected chi connectivity index (χ0v) is 14.2. The molecule has 5 nitrogen and oxygen atoms in total. The highest BCUT2D eigenvalue weighted by Gasteiger charge is 2.18. The predicted octanol–water partition coefficient (Wildman–Crippen LogP) is 2.89. The molecule has 128 valence electrons. The minimum atomic E-state index is -0.258. The van der Waals surface area contributed by atoms with Crippen LogP contribution < -0.4 is 0 Å². The van der Waals surface area contributed by atoms with Crippen molar-refractivity contribution in [3.63, 3.8) is 0 Å². The second-order valence-corrected chi connectivity index (χ2v) is 5.95. The average Bonchev–Trinajstić information content (AvgIpc) is 3.05. The van der Waals surface area contributed by atoms with Gasteiger partial charge in [0.2, 0.25) is 0 Å². The molecule has 6 heteroatoms. The van der Waals surface area contributed by atoms with Crippen LogP contribution in [0.2, 0.25) is 0 Å². The third-order valence-corrected chi connectivity index (χ3v) is 3.88. The molecule has 0 aliphatic carbocycles. The van der Waals surface area contributed by atoms with Gasteiger partial charge in [0.1, 0.15) is 5.82 Å². The van der Waals surface area contributed by atoms with E-state index in [1.54, 1.807) is 43.3 Å². The van der Waals surface area contributed by atoms with Gasteiger partial charge in [-0.3, -0.25) is 4.79 Å². The summed E-state index contributed by atoms with van der Waals surface area (Å²) in [5, 5.41) is 4.55. The first-order valence-electron chi connectivity index (χ1n) is 8.00. The quantitative estimate of drug-likeness (QED) is 0.719. The van der Waals surface area contributed by atoms with Crippen molar-refractivity contribution in [1.82, 2.24) is 19.7 Å². The van der Waals surface area contributed by atoms with Gasteiger partial charge in [0.25, 0.3) is 5.91 Å². The summed E-state index contributed by atoms with van der Waals surface area (Å²) in [5.74, 6) is 0.297. The maximum Gasteiger partial charge on any atom is 0.256 e. The van der Waals surface area contributed by atoms with Gasteiger partial charge in [-0.05, 0) is 42.7 Å². The molecular weight excluding hydrogens is 319 g/mol. The van der Waals surface area contributed by atoms with Crippen molar-refractivity contribution in [3.05, 3.63) is 77.5 Å². The van der Waals surface area contributed by atoms with E-state index in [1.165, 1.54) is 17.0 Å². The van der Waals surface area contributed by atoms with Crippen molar-refractivity contribution >= 4 is 5.91 Å². The number of benzene rings is 1. The molecule has 0 unspecified atom stereocenters. The average molecular weight is 338 g/mol. The zero-order valence-electron chi connectivity index (χ0n) is 14.2. The second kappa shape index (κ2) is 7.25. The molecule has 0 bridgehead atoms. The van der Waals surface area contributed by atoms with Gasteiger partial charge < -0.3 is 4.90 Å². The number of hydrogen-bond acceptors (Lipinski definition) is 3. The number of carbonyl (C=O) groups is 1. The molecule has 0 N–H and O–H groups in total. The Morgan fingerprint density at radius 2 is 1.88 bits per heavy atom. The Morgan fingerprint density at radius 3 is 2.52 bits per heavy atom. The summed E-state index contributed by atoms with van der Waals surface area (Å²) in [6, 6.07) is 11.9. The molecule has 1 amide bonds. The third-order valence-electron chi connectivity index (χ3n) is 3.88. The van der Waals surface area contributed by atoms with Crippen molar-refractivity contribution in [3.8, 4) is 5.82 Å². The normalized spacial score (nSPS) is 10.7. The summed E-state index contributed by atoms with van der Waals surface area (Å²) in [6.07, 6.45) is 4.65. The maximum atomic E-state index is 13.0. The van der Waals surface area contributed by atoms with E-state index in [4.69, 9.17) is 0 Å². The topological polar surface area (TPSA) is 51.0 Å². The monoisotopic (exact) mass is 338 g/mol. The number of halogens is 1. The number of pyridine rings is 1. The fraction of sp³-hybridized carbons (Fsp3) is 0.211. The number of carbonyl (C=O) groups excluding carboxylic acids is 1. The van der Waals surface area contributed by atoms with Crippen molar-refractivity contribution in [1.29, 1.82) is 0 Å². The number of aryl methyl sites for hydroxylation is 2. The van der Waals surface area contributed by atoms with Crippen molar-refractivity contribution in [2.45, 2.75) is 12.8 Å². The van der Waals surface area contributed by atoms with Gasteiger partial charge in [-0.2, -0.15) is 5.10 Å². The highest BCUT2D eigenvalue weighted by molar-refractivity contribution is 5.94. The van der Waals surface area contributed by atoms with Crippen LogP contribution in [0.3, 0.4) is 0 Å². The van der Waals surface area contributed by atoms with E-state index in [2.05, 4.69) is 10.1 Å². The molecule has 2 heterocycles. The third kappa shape index (κ3) is 3.91. The van der Waals surface area contributed by atoms with Crippen LogP contribution in [0, 0.1) is 5.82 Å². The molecule has 25 heavy (non-hydrogen) atoms. The fourth-order valence-electron chi connectivity index (χ4n) is 2.53. The maximum absolute atomic E-state index is 13.0. The number of nitrogens with zero attached hydrogens (tertiary/aromatic N) is 4. The van der Waals surface area contributed by atoms with E-state index in [0.717, 1.165) is 5.56 Å². The standard InChI is InChI=1S/C19H19FN4O/c1-23(2)19(25)16-13-24(18-5-3-4-12-21-18)22-17(16)11-8-14-6-9-15(20)10-7-14/h3-7,9-10,12-13H,8,11H2,1-2H3. The van der Waals surface area contributed by atoms with Crippen LogP contribution in [-0.4, -0.2) is 39.7 Å². The first kappa shape index (κ1) is 16.8. The summed E-state index contributed by atoms with van der Waals surface area (Å²) in [6.45, 7) is 0. The number of rotatable bonds is 5. The lowest BCUT2D eigenvalue weighted by molar-refractivity contribution is 0.0826. The smallest absolute Gasteiger partial charge is 0.256 e. The summed E-state index contributed by atoms with van der Waals surface area (Å²) < 4.78 is 14.6. The Kier molecular flexibility index (Phi) is 4.88. The Labute approximate surface area is 145 Å². The van der Waals surface area contributed by atoms with Crippen LogP contribution in [0.4, 0.5) is 4.39 Å². The van der Waals surface area contributed by atoms with Crippen molar-refractivity contribution < 1.29 is 9.18 Å². The minimum absolute atomic E-state index is 0.101. The van der Waals surface area contributed by atoms with Gasteiger partial charge in [-0.1, -0.05) is 18.2 Å². The van der Waals surface area contributed by atoms with Gasteiger partial charge in [-0.15, -0.1) is 0 Å². The van der Waals surface area contributed by atoms with Crippen LogP contribution >= 0.6 is 0 Å². The molecule has 2 aromatic heterocycles. The van der Waals surface area contributed by atoms with Crippen LogP contribution in [0.1, 0.15) is 21.6 Å². The summed E-state index contributed by atoms with van der Waals surface area (Å²) >= 11 is 0. The molecule has 0 saturated carbocycles. The van der Waals surface area contributed by atoms with Crippen molar-refractivity contribution in [2.75, 3.05) is 14.1 Å². The molecule has 0 aliphatic rings. The lowest BCUT2D eigenvalue weighted by atomic mass is 10.1. The molecule has 0 aliphatic heterocycles. The van der Waals surface area contributed by atoms with E-state index < -0.39 is 0 Å². The summed E-state index contributed by atoms with van der Waals surface area (Å²) in [7, 11) is 3.42. The largest absolute Gasteiger partial charge is 0.345 e. The molecular formula is C19H19FN4O. The van der Waals surface area contributed by atoms with Gasteiger partial charge >= 0.3 is 0 Å². The highest BCUT2D eigenvalue weighted by Crippen LogP contribution is 2.16. The number of aromatic nitrogens is 3. The van der Waals surface area contributed by atoms with Gasteiger partial charge in [0.15, 0.2) is 5.82 Å². The second-order valence-electron chi connectivity index (χ2n) is 5.95. The number of hydrogen-bond donors (Lipinski definition) is 0. The van der Waals surface area contributed by atoms with Crippen LogP contribution in [0.25, 0.3) is 5.82 Å². The SMILES string of the molecule is CN(C)C(=O)c1cn(-c2ccccn2)nc1CCc1ccc(F)cc1. The highest BCUT2D eigenvalue weighted by atomic mass is 19.1. The van der Waals surface area contributed by atoms with E-state index in [0.29, 0.717) is 29.9 Å². The van der Waals surface area contributed by atoms with Crippen LogP contribution in [0.15, 0.2) is 54.9 Å². The van der Waals surface area contributed by atoms with E-state index in [-0.39, 0.29) is 11.7 Å². The predicted molar refractivity (Wildman–Crippen MR) is 93.2 cm³/mol. The van der Waals surface area contributed by atoms with E-state index in [1.807, 2.05) is 18.2 Å². The first-order chi connectivity index (χ1) is 12.0. The molecule has 0 saturated heterocycles. The Balaban J connectivity index is 1.89. The summed E-state index contributed by atoms with van der Waals surface area (Å²) in [4.78, 5) is 18.3. The molecule has 1 aromatic carbocycles. The molecule has 3 aromatic rings. The molecule has 0 spiro atoms. The Morgan fingerprint density at radius 1 is 1.12 bits per heavy atom. The van der Waals surface area contributed by atoms with Crippen LogP contribution in [-0.2, 0) is 12.8 Å². The van der Waals surface area contributed by atoms with Gasteiger partial charge in [-0.25, -0.2) is 14.1 Å². The van der Waals surface area contributed by atoms with Gasteiger partial charge in [0, 0.05) is 26.5 Å². The molecule has 0 atom stereocenters.